The molecule has 3 rings (SSSR count). The zero-order valence-electron chi connectivity index (χ0n) is 9.51. The van der Waals surface area contributed by atoms with Crippen LogP contribution in [0, 0.1) is 6.92 Å². The van der Waals surface area contributed by atoms with Crippen molar-refractivity contribution in [2.45, 2.75) is 13.3 Å². The number of aromatic nitrogens is 2. The molecule has 1 aliphatic rings. The molecule has 2 heterocycles. The fraction of sp³-hybridized carbons (Fsp3) is 0.231. The van der Waals surface area contributed by atoms with E-state index in [1.807, 2.05) is 29.8 Å². The number of rotatable bonds is 2. The molecule has 0 bridgehead atoms. The van der Waals surface area contributed by atoms with Crippen molar-refractivity contribution < 1.29 is 9.53 Å². The summed E-state index contributed by atoms with van der Waals surface area (Å²) in [5.74, 6) is 0.812. The lowest BCUT2D eigenvalue weighted by atomic mass is 10.0. The molecule has 0 aliphatic carbocycles. The Morgan fingerprint density at radius 2 is 2.35 bits per heavy atom. The second-order valence-electron chi connectivity index (χ2n) is 4.12. The van der Waals surface area contributed by atoms with Gasteiger partial charge in [-0.1, -0.05) is 0 Å². The Morgan fingerprint density at radius 1 is 1.47 bits per heavy atom. The number of hydrogen-bond donors (Lipinski definition) is 0. The smallest absolute Gasteiger partial charge is 0.150 e. The highest BCUT2D eigenvalue weighted by molar-refractivity contribution is 5.81. The van der Waals surface area contributed by atoms with Crippen LogP contribution < -0.4 is 4.74 Å². The fourth-order valence-electron chi connectivity index (χ4n) is 2.17. The van der Waals surface area contributed by atoms with Gasteiger partial charge in [-0.25, -0.2) is 4.98 Å². The molecule has 0 N–H and O–H groups in total. The van der Waals surface area contributed by atoms with Crippen LogP contribution in [0.2, 0.25) is 0 Å². The molecule has 4 heteroatoms. The Kier molecular flexibility index (Phi) is 2.21. The lowest BCUT2D eigenvalue weighted by Crippen LogP contribution is -1.96. The van der Waals surface area contributed by atoms with Crippen molar-refractivity contribution in [3.8, 4) is 11.4 Å². The van der Waals surface area contributed by atoms with Gasteiger partial charge in [0.2, 0.25) is 0 Å². The molecule has 2 aromatic rings. The summed E-state index contributed by atoms with van der Waals surface area (Å²) in [4.78, 5) is 15.1. The zero-order valence-corrected chi connectivity index (χ0v) is 9.51. The minimum Gasteiger partial charge on any atom is -0.491 e. The number of hydrogen-bond acceptors (Lipinski definition) is 3. The molecule has 1 aromatic carbocycles. The van der Waals surface area contributed by atoms with Gasteiger partial charge < -0.3 is 9.30 Å². The zero-order chi connectivity index (χ0) is 11.8. The predicted molar refractivity (Wildman–Crippen MR) is 62.9 cm³/mol. The SMILES string of the molecule is Cc1cn(-c2ccc(C=O)c3c2OCC3)cn1. The topological polar surface area (TPSA) is 44.1 Å². The van der Waals surface area contributed by atoms with Crippen LogP contribution in [0.1, 0.15) is 21.6 Å². The third-order valence-electron chi connectivity index (χ3n) is 2.99. The molecule has 0 atom stereocenters. The highest BCUT2D eigenvalue weighted by atomic mass is 16.5. The van der Waals surface area contributed by atoms with Crippen molar-refractivity contribution in [3.05, 3.63) is 41.5 Å². The van der Waals surface area contributed by atoms with Gasteiger partial charge in [0, 0.05) is 23.7 Å². The lowest BCUT2D eigenvalue weighted by Gasteiger charge is -2.09. The highest BCUT2D eigenvalue weighted by Gasteiger charge is 2.20. The van der Waals surface area contributed by atoms with E-state index in [2.05, 4.69) is 4.98 Å². The summed E-state index contributed by atoms with van der Waals surface area (Å²) in [6.45, 7) is 2.58. The van der Waals surface area contributed by atoms with Crippen molar-refractivity contribution >= 4 is 6.29 Å². The maximum atomic E-state index is 10.9. The molecular formula is C13H12N2O2. The minimum absolute atomic E-state index is 0.640. The molecule has 86 valence electrons. The highest BCUT2D eigenvalue weighted by Crippen LogP contribution is 2.34. The van der Waals surface area contributed by atoms with Crippen LogP contribution in [0.25, 0.3) is 5.69 Å². The Hall–Kier alpha value is -2.10. The Balaban J connectivity index is 2.19. The quantitative estimate of drug-likeness (QED) is 0.738. The number of imidazole rings is 1. The maximum Gasteiger partial charge on any atom is 0.150 e. The number of fused-ring (bicyclic) bond motifs is 1. The van der Waals surface area contributed by atoms with E-state index in [-0.39, 0.29) is 0 Å². The molecule has 1 aliphatic heterocycles. The van der Waals surface area contributed by atoms with Gasteiger partial charge in [0.15, 0.2) is 0 Å². The van der Waals surface area contributed by atoms with Gasteiger partial charge in [-0.15, -0.1) is 0 Å². The number of benzene rings is 1. The van der Waals surface area contributed by atoms with E-state index in [9.17, 15) is 4.79 Å². The molecule has 1 aromatic heterocycles. The molecule has 17 heavy (non-hydrogen) atoms. The molecule has 0 unspecified atom stereocenters. The monoisotopic (exact) mass is 228 g/mol. The van der Waals surface area contributed by atoms with E-state index in [4.69, 9.17) is 4.74 Å². The van der Waals surface area contributed by atoms with Crippen LogP contribution >= 0.6 is 0 Å². The van der Waals surface area contributed by atoms with Gasteiger partial charge in [-0.05, 0) is 19.1 Å². The molecule has 0 radical (unpaired) electrons. The summed E-state index contributed by atoms with van der Waals surface area (Å²) in [6.07, 6.45) is 5.38. The van der Waals surface area contributed by atoms with Crippen molar-refractivity contribution in [1.29, 1.82) is 0 Å². The second-order valence-corrected chi connectivity index (χ2v) is 4.12. The first-order valence-electron chi connectivity index (χ1n) is 5.54. The van der Waals surface area contributed by atoms with Gasteiger partial charge in [-0.3, -0.25) is 4.79 Å². The largest absolute Gasteiger partial charge is 0.491 e. The summed E-state index contributed by atoms with van der Waals surface area (Å²) in [5.41, 5.74) is 3.63. The molecule has 0 fully saturated rings. The van der Waals surface area contributed by atoms with Crippen molar-refractivity contribution in [2.24, 2.45) is 0 Å². The molecule has 0 saturated heterocycles. The van der Waals surface area contributed by atoms with Gasteiger partial charge >= 0.3 is 0 Å². The Bertz CT molecular complexity index is 587. The van der Waals surface area contributed by atoms with E-state index in [0.29, 0.717) is 6.61 Å². The lowest BCUT2D eigenvalue weighted by molar-refractivity contribution is 0.112. The summed E-state index contributed by atoms with van der Waals surface area (Å²) in [5, 5.41) is 0. The molecule has 4 nitrogen and oxygen atoms in total. The fourth-order valence-corrected chi connectivity index (χ4v) is 2.17. The average molecular weight is 228 g/mol. The first-order chi connectivity index (χ1) is 8.29. The number of nitrogens with zero attached hydrogens (tertiary/aromatic N) is 2. The predicted octanol–water partition coefficient (Wildman–Crippen LogP) is 1.93. The van der Waals surface area contributed by atoms with Crippen LogP contribution in [-0.2, 0) is 6.42 Å². The normalized spacial score (nSPS) is 13.2. The van der Waals surface area contributed by atoms with Gasteiger partial charge in [0.25, 0.3) is 0 Å². The van der Waals surface area contributed by atoms with E-state index in [1.54, 1.807) is 6.33 Å². The summed E-state index contributed by atoms with van der Waals surface area (Å²) >= 11 is 0. The summed E-state index contributed by atoms with van der Waals surface area (Å²) in [6, 6.07) is 3.74. The number of aldehydes is 1. The number of ether oxygens (including phenoxy) is 1. The number of carbonyl (C=O) groups excluding carboxylic acids is 1. The Morgan fingerprint density at radius 3 is 3.06 bits per heavy atom. The first-order valence-corrected chi connectivity index (χ1v) is 5.54. The van der Waals surface area contributed by atoms with Gasteiger partial charge in [0.05, 0.1) is 24.3 Å². The third kappa shape index (κ3) is 1.53. The summed E-state index contributed by atoms with van der Waals surface area (Å²) < 4.78 is 7.55. The average Bonchev–Trinajstić information content (AvgIpc) is 2.96. The van der Waals surface area contributed by atoms with Crippen LogP contribution in [0.3, 0.4) is 0 Å². The minimum atomic E-state index is 0.640. The summed E-state index contributed by atoms with van der Waals surface area (Å²) in [7, 11) is 0. The molecule has 0 spiro atoms. The van der Waals surface area contributed by atoms with Crippen LogP contribution in [-0.4, -0.2) is 22.4 Å². The van der Waals surface area contributed by atoms with Crippen molar-refractivity contribution in [2.75, 3.05) is 6.61 Å². The standard InChI is InChI=1S/C13H12N2O2/c1-9-6-15(8-14-9)12-3-2-10(7-16)11-4-5-17-13(11)12/h2-3,6-8H,4-5H2,1H3. The molecule has 0 amide bonds. The van der Waals surface area contributed by atoms with Crippen LogP contribution in [0.5, 0.6) is 5.75 Å². The van der Waals surface area contributed by atoms with E-state index < -0.39 is 0 Å². The third-order valence-corrected chi connectivity index (χ3v) is 2.99. The molecular weight excluding hydrogens is 216 g/mol. The Labute approximate surface area is 98.9 Å². The number of carbonyl (C=O) groups is 1. The van der Waals surface area contributed by atoms with Crippen LogP contribution in [0.15, 0.2) is 24.7 Å². The van der Waals surface area contributed by atoms with E-state index >= 15 is 0 Å². The maximum absolute atomic E-state index is 10.9. The second kappa shape index (κ2) is 3.73. The number of aryl methyl sites for hydroxylation is 1. The van der Waals surface area contributed by atoms with E-state index in [1.165, 1.54) is 0 Å². The molecule has 0 saturated carbocycles. The van der Waals surface area contributed by atoms with Gasteiger partial charge in [-0.2, -0.15) is 0 Å². The van der Waals surface area contributed by atoms with Crippen LogP contribution in [0.4, 0.5) is 0 Å². The van der Waals surface area contributed by atoms with Crippen molar-refractivity contribution in [3.63, 3.8) is 0 Å². The first kappa shape index (κ1) is 10.1. The van der Waals surface area contributed by atoms with Crippen molar-refractivity contribution in [1.82, 2.24) is 9.55 Å². The van der Waals surface area contributed by atoms with Gasteiger partial charge in [0.1, 0.15) is 12.0 Å². The van der Waals surface area contributed by atoms with E-state index in [0.717, 1.165) is 41.0 Å².